The van der Waals surface area contributed by atoms with Crippen molar-refractivity contribution >= 4 is 17.0 Å². The Labute approximate surface area is 113 Å². The maximum absolute atomic E-state index is 3.64. The van der Waals surface area contributed by atoms with Gasteiger partial charge in [-0.25, -0.2) is 0 Å². The van der Waals surface area contributed by atoms with Gasteiger partial charge in [0.05, 0.1) is 0 Å². The van der Waals surface area contributed by atoms with Crippen LogP contribution in [0.3, 0.4) is 0 Å². The fraction of sp³-hybridized carbons (Fsp3) is 0.429. The second-order valence-corrected chi connectivity index (χ2v) is 4.68. The van der Waals surface area contributed by atoms with Crippen LogP contribution in [0.15, 0.2) is 41.5 Å². The molecule has 3 heteroatoms. The van der Waals surface area contributed by atoms with Gasteiger partial charge in [0.25, 0.3) is 0 Å². The standard InChI is InChI=1S/C14H18N2.BrH/c1-2-4-11(5-3-1)8-14-13-10-15-9-12(13)6-7-16-14;/h1-5,14-16H,6-10H2;1H. The molecule has 3 rings (SSSR count). The molecule has 1 aromatic rings. The van der Waals surface area contributed by atoms with Gasteiger partial charge in [-0.2, -0.15) is 0 Å². The van der Waals surface area contributed by atoms with Crippen LogP contribution in [0, 0.1) is 0 Å². The molecule has 1 aromatic carbocycles. The van der Waals surface area contributed by atoms with Gasteiger partial charge < -0.3 is 10.6 Å². The number of nitrogens with one attached hydrogen (secondary N) is 2. The molecule has 2 heterocycles. The van der Waals surface area contributed by atoms with Gasteiger partial charge in [-0.05, 0) is 30.5 Å². The molecule has 0 saturated carbocycles. The zero-order valence-corrected chi connectivity index (χ0v) is 11.6. The minimum atomic E-state index is 0. The second kappa shape index (κ2) is 5.80. The van der Waals surface area contributed by atoms with Crippen LogP contribution >= 0.6 is 17.0 Å². The minimum absolute atomic E-state index is 0. The lowest BCUT2D eigenvalue weighted by molar-refractivity contribution is 0.535. The summed E-state index contributed by atoms with van der Waals surface area (Å²) in [5.41, 5.74) is 4.70. The highest BCUT2D eigenvalue weighted by molar-refractivity contribution is 8.93. The Morgan fingerprint density at radius 2 is 1.94 bits per heavy atom. The van der Waals surface area contributed by atoms with E-state index in [1.165, 1.54) is 12.0 Å². The third-order valence-electron chi connectivity index (χ3n) is 3.63. The molecule has 2 nitrogen and oxygen atoms in total. The molecule has 0 fully saturated rings. The van der Waals surface area contributed by atoms with Crippen molar-refractivity contribution in [3.63, 3.8) is 0 Å². The molecule has 2 aliphatic rings. The van der Waals surface area contributed by atoms with E-state index in [4.69, 9.17) is 0 Å². The molecule has 1 unspecified atom stereocenters. The summed E-state index contributed by atoms with van der Waals surface area (Å²) < 4.78 is 0. The van der Waals surface area contributed by atoms with Crippen LogP contribution in [0.1, 0.15) is 12.0 Å². The fourth-order valence-electron chi connectivity index (χ4n) is 2.77. The van der Waals surface area contributed by atoms with Crippen molar-refractivity contribution in [3.8, 4) is 0 Å². The summed E-state index contributed by atoms with van der Waals surface area (Å²) in [6.07, 6.45) is 2.36. The minimum Gasteiger partial charge on any atom is -0.310 e. The van der Waals surface area contributed by atoms with Crippen molar-refractivity contribution in [1.82, 2.24) is 10.6 Å². The Hall–Kier alpha value is -0.640. The molecule has 17 heavy (non-hydrogen) atoms. The van der Waals surface area contributed by atoms with E-state index in [0.29, 0.717) is 6.04 Å². The molecule has 1 atom stereocenters. The Bertz CT molecular complexity index is 400. The van der Waals surface area contributed by atoms with Crippen LogP contribution in [0.4, 0.5) is 0 Å². The average molecular weight is 295 g/mol. The van der Waals surface area contributed by atoms with Crippen LogP contribution in [0.2, 0.25) is 0 Å². The predicted molar refractivity (Wildman–Crippen MR) is 76.8 cm³/mol. The van der Waals surface area contributed by atoms with Gasteiger partial charge >= 0.3 is 0 Å². The van der Waals surface area contributed by atoms with Crippen molar-refractivity contribution in [2.24, 2.45) is 0 Å². The topological polar surface area (TPSA) is 24.1 Å². The molecule has 0 radical (unpaired) electrons. The van der Waals surface area contributed by atoms with E-state index in [1.54, 1.807) is 11.1 Å². The Morgan fingerprint density at radius 1 is 1.12 bits per heavy atom. The summed E-state index contributed by atoms with van der Waals surface area (Å²) in [4.78, 5) is 0. The molecular formula is C14H19BrN2. The van der Waals surface area contributed by atoms with E-state index in [-0.39, 0.29) is 17.0 Å². The number of hydrogen-bond acceptors (Lipinski definition) is 2. The first-order valence-corrected chi connectivity index (χ1v) is 6.12. The molecule has 0 amide bonds. The fourth-order valence-corrected chi connectivity index (χ4v) is 2.77. The van der Waals surface area contributed by atoms with Crippen molar-refractivity contribution in [1.29, 1.82) is 0 Å². The second-order valence-electron chi connectivity index (χ2n) is 4.68. The van der Waals surface area contributed by atoms with Crippen LogP contribution in [-0.4, -0.2) is 25.7 Å². The highest BCUT2D eigenvalue weighted by atomic mass is 79.9. The van der Waals surface area contributed by atoms with E-state index in [9.17, 15) is 0 Å². The summed E-state index contributed by atoms with van der Waals surface area (Å²) in [6, 6.07) is 11.3. The molecule has 0 saturated heterocycles. The van der Waals surface area contributed by atoms with Gasteiger partial charge in [0.15, 0.2) is 0 Å². The first-order valence-electron chi connectivity index (χ1n) is 6.12. The Balaban J connectivity index is 0.00000108. The van der Waals surface area contributed by atoms with Crippen molar-refractivity contribution in [3.05, 3.63) is 47.0 Å². The van der Waals surface area contributed by atoms with E-state index in [1.807, 2.05) is 0 Å². The maximum Gasteiger partial charge on any atom is 0.0335 e. The van der Waals surface area contributed by atoms with Crippen LogP contribution in [0.25, 0.3) is 0 Å². The molecule has 0 aliphatic carbocycles. The van der Waals surface area contributed by atoms with Crippen molar-refractivity contribution < 1.29 is 0 Å². The number of benzene rings is 1. The van der Waals surface area contributed by atoms with E-state index in [2.05, 4.69) is 41.0 Å². The summed E-state index contributed by atoms with van der Waals surface area (Å²) >= 11 is 0. The molecule has 2 aliphatic heterocycles. The van der Waals surface area contributed by atoms with Crippen molar-refractivity contribution in [2.45, 2.75) is 18.9 Å². The van der Waals surface area contributed by atoms with Crippen LogP contribution in [-0.2, 0) is 6.42 Å². The van der Waals surface area contributed by atoms with Crippen LogP contribution < -0.4 is 10.6 Å². The Morgan fingerprint density at radius 3 is 2.76 bits per heavy atom. The summed E-state index contributed by atoms with van der Waals surface area (Å²) in [6.45, 7) is 3.33. The molecule has 0 aromatic heterocycles. The molecule has 0 spiro atoms. The highest BCUT2D eigenvalue weighted by Gasteiger charge is 2.25. The lowest BCUT2D eigenvalue weighted by Gasteiger charge is -2.26. The lowest BCUT2D eigenvalue weighted by atomic mass is 9.92. The predicted octanol–water partition coefficient (Wildman–Crippen LogP) is 2.07. The van der Waals surface area contributed by atoms with E-state index in [0.717, 1.165) is 26.1 Å². The van der Waals surface area contributed by atoms with Crippen LogP contribution in [0.5, 0.6) is 0 Å². The van der Waals surface area contributed by atoms with Gasteiger partial charge in [-0.15, -0.1) is 17.0 Å². The monoisotopic (exact) mass is 294 g/mol. The zero-order chi connectivity index (χ0) is 10.8. The third-order valence-corrected chi connectivity index (χ3v) is 3.63. The molecular weight excluding hydrogens is 276 g/mol. The average Bonchev–Trinajstić information content (AvgIpc) is 2.80. The number of halogens is 1. The number of rotatable bonds is 2. The van der Waals surface area contributed by atoms with Gasteiger partial charge in [0, 0.05) is 19.1 Å². The smallest absolute Gasteiger partial charge is 0.0335 e. The van der Waals surface area contributed by atoms with Gasteiger partial charge in [0.2, 0.25) is 0 Å². The van der Waals surface area contributed by atoms with E-state index < -0.39 is 0 Å². The maximum atomic E-state index is 3.64. The quantitative estimate of drug-likeness (QED) is 0.816. The normalized spacial score (nSPS) is 23.2. The number of hydrogen-bond donors (Lipinski definition) is 2. The van der Waals surface area contributed by atoms with Gasteiger partial charge in [-0.3, -0.25) is 0 Å². The lowest BCUT2D eigenvalue weighted by Crippen LogP contribution is -2.38. The largest absolute Gasteiger partial charge is 0.310 e. The molecule has 92 valence electrons. The van der Waals surface area contributed by atoms with Gasteiger partial charge in [0.1, 0.15) is 0 Å². The van der Waals surface area contributed by atoms with E-state index >= 15 is 0 Å². The summed E-state index contributed by atoms with van der Waals surface area (Å²) in [5, 5.41) is 7.11. The third kappa shape index (κ3) is 2.79. The summed E-state index contributed by atoms with van der Waals surface area (Å²) in [5.74, 6) is 0. The highest BCUT2D eigenvalue weighted by Crippen LogP contribution is 2.22. The van der Waals surface area contributed by atoms with Crippen molar-refractivity contribution in [2.75, 3.05) is 19.6 Å². The SMILES string of the molecule is Br.c1ccc(CC2NCCC3=C2CNC3)cc1. The van der Waals surface area contributed by atoms with Gasteiger partial charge in [-0.1, -0.05) is 35.9 Å². The molecule has 2 N–H and O–H groups in total. The first kappa shape index (κ1) is 12.8. The first-order chi connectivity index (χ1) is 7.93. The molecule has 0 bridgehead atoms. The zero-order valence-electron chi connectivity index (χ0n) is 9.91. The Kier molecular flexibility index (Phi) is 4.37. The summed E-state index contributed by atoms with van der Waals surface area (Å²) in [7, 11) is 0.